The number of unbranched alkanes of at least 4 members (excludes halogenated alkanes) is 1. The van der Waals surface area contributed by atoms with Crippen LogP contribution >= 0.6 is 33.2 Å². The van der Waals surface area contributed by atoms with E-state index in [1.54, 1.807) is 103 Å². The van der Waals surface area contributed by atoms with E-state index in [2.05, 4.69) is 37.2 Å². The van der Waals surface area contributed by atoms with Crippen LogP contribution in [0.15, 0.2) is 170 Å². The minimum atomic E-state index is -1.85. The maximum Gasteiger partial charge on any atom is 0.264 e. The molecule has 0 bridgehead atoms. The summed E-state index contributed by atoms with van der Waals surface area (Å²) in [5.74, 6) is -7.93. The first-order chi connectivity index (χ1) is 42.9. The number of rotatable bonds is 19. The van der Waals surface area contributed by atoms with Crippen LogP contribution in [0.25, 0.3) is 21.5 Å². The third-order valence-electron chi connectivity index (χ3n) is 15.1. The Balaban J connectivity index is 1.18. The molecular weight excluding hydrogens is 1190 g/mol. The maximum atomic E-state index is 15.2. The molecule has 0 aromatic heterocycles. The number of likely N-dealkylation sites (N-methyl/N-ethyl adjacent to an activating group) is 1. The van der Waals surface area contributed by atoms with Gasteiger partial charge in [0.15, 0.2) is 6.17 Å². The van der Waals surface area contributed by atoms with E-state index in [0.29, 0.717) is 40.1 Å². The fraction of sp³-hybridized carbons (Fsp3) is 0.288. The normalized spacial score (nSPS) is 19.7. The summed E-state index contributed by atoms with van der Waals surface area (Å²) >= 11 is 6.13. The number of benzene rings is 7. The van der Waals surface area contributed by atoms with Gasteiger partial charge in [-0.2, -0.15) is 0 Å². The Morgan fingerprint density at radius 3 is 1.72 bits per heavy atom. The van der Waals surface area contributed by atoms with Crippen LogP contribution in [0.1, 0.15) is 51.9 Å². The van der Waals surface area contributed by atoms with E-state index in [-0.39, 0.29) is 55.7 Å². The van der Waals surface area contributed by atoms with Gasteiger partial charge < -0.3 is 59.3 Å². The highest BCUT2D eigenvalue weighted by Gasteiger charge is 2.38. The van der Waals surface area contributed by atoms with Crippen molar-refractivity contribution in [2.75, 3.05) is 25.1 Å². The van der Waals surface area contributed by atoms with E-state index in [9.17, 15) is 33.6 Å². The molecule has 464 valence electrons. The first kappa shape index (κ1) is 66.2. The van der Waals surface area contributed by atoms with Gasteiger partial charge in [0.2, 0.25) is 41.4 Å². The fourth-order valence-electron chi connectivity index (χ4n) is 10.1. The minimum Gasteiger partial charge on any atom is -0.368 e. The first-order valence-electron chi connectivity index (χ1n) is 29.1. The third kappa shape index (κ3) is 19.1. The number of fused-ring (bicyclic) bond motifs is 2. The molecule has 23 heteroatoms. The van der Waals surface area contributed by atoms with Crippen molar-refractivity contribution in [1.82, 2.24) is 42.1 Å². The van der Waals surface area contributed by atoms with E-state index in [1.165, 1.54) is 7.05 Å². The van der Waals surface area contributed by atoms with Crippen molar-refractivity contribution in [3.05, 3.63) is 203 Å². The van der Waals surface area contributed by atoms with E-state index in [1.807, 2.05) is 66.7 Å². The molecule has 9 amide bonds. The lowest BCUT2D eigenvalue weighted by Gasteiger charge is -2.32. The monoisotopic (exact) mass is 1260 g/mol. The molecule has 20 nitrogen and oxygen atoms in total. The van der Waals surface area contributed by atoms with Gasteiger partial charge in [-0.15, -0.1) is 0 Å². The molecule has 1 aliphatic rings. The van der Waals surface area contributed by atoms with Gasteiger partial charge in [-0.05, 0) is 100 Å². The highest BCUT2D eigenvalue weighted by atomic mass is 35.5. The summed E-state index contributed by atoms with van der Waals surface area (Å²) in [6, 6.07) is 40.1. The molecule has 1 saturated heterocycles. The standard InChI is InChI=1S/C66H72ClN11O9S2/c1-78(66(87)48-28-27-45-19-9-11-21-47(45)37-48)58-65(86)71-51(22-12-13-31-68)60(81)73-53(34-40-14-4-2-5-15-40)61(82)76-56(63(84)72-52(57(70)79)36-43-23-26-44-18-8-10-20-46(44)32-43)39-89-88-38-55(75-59(80)50(69)33-42-24-29-49(67)30-25-42)64(85)74-54(62(83)77-58)35-41-16-6-3-7-17-41/h2-11,14-21,23-30,32,37,50-56,58H,12-13,22,31,33-36,38-39,68-69H2,1H3,(H2,70,79)(H,71,86)(H,72,84)(H,73,81)(H,74,85)(H,75,80)(H,76,82)(H,77,83)/t50-,51-,52-,53-,54-,55+,56-,58-/m0/s1. The maximum absolute atomic E-state index is 15.2. The second kappa shape index (κ2) is 32.4. The predicted molar refractivity (Wildman–Crippen MR) is 348 cm³/mol. The Hall–Kier alpha value is -8.80. The molecule has 1 fully saturated rings. The van der Waals surface area contributed by atoms with E-state index < -0.39 is 102 Å². The number of hydrogen-bond donors (Lipinski definition) is 10. The summed E-state index contributed by atoms with van der Waals surface area (Å²) < 4.78 is 0. The Labute approximate surface area is 528 Å². The second-order valence-corrected chi connectivity index (χ2v) is 24.7. The molecule has 0 radical (unpaired) electrons. The largest absolute Gasteiger partial charge is 0.368 e. The van der Waals surface area contributed by atoms with Crippen molar-refractivity contribution in [3.63, 3.8) is 0 Å². The quantitative estimate of drug-likeness (QED) is 0.0398. The molecule has 13 N–H and O–H groups in total. The zero-order valence-electron chi connectivity index (χ0n) is 48.9. The number of nitrogens with two attached hydrogens (primary N) is 3. The van der Waals surface area contributed by atoms with Gasteiger partial charge in [0.05, 0.1) is 6.04 Å². The number of nitrogens with zero attached hydrogens (tertiary/aromatic N) is 1. The smallest absolute Gasteiger partial charge is 0.264 e. The molecular formula is C66H72ClN11O9S2. The number of primary amides is 1. The van der Waals surface area contributed by atoms with Crippen LogP contribution in [0.5, 0.6) is 0 Å². The van der Waals surface area contributed by atoms with Crippen LogP contribution < -0.4 is 54.4 Å². The molecule has 1 aliphatic heterocycles. The van der Waals surface area contributed by atoms with E-state index in [0.717, 1.165) is 48.0 Å². The first-order valence-corrected chi connectivity index (χ1v) is 32.0. The highest BCUT2D eigenvalue weighted by molar-refractivity contribution is 8.76. The molecule has 89 heavy (non-hydrogen) atoms. The SMILES string of the molecule is CN(C(=O)c1ccc2ccccc2c1)[C@@H]1NC(=O)[C@H](Cc2ccccc2)NC(=O)[C@H](NC(=O)[C@@H](N)Cc2ccc(Cl)cc2)CSSC[C@@H](C(=O)N[C@@H](Cc2ccc3ccccc3c2)C(N)=O)NC(=O)[C@H](Cc2ccccc2)NC(=O)[C@H](CCCCN)NC1=O. The van der Waals surface area contributed by atoms with Crippen LogP contribution in [0.4, 0.5) is 0 Å². The van der Waals surface area contributed by atoms with Gasteiger partial charge in [-0.1, -0.05) is 179 Å². The molecule has 1 heterocycles. The van der Waals surface area contributed by atoms with Gasteiger partial charge in [0, 0.05) is 48.4 Å². The average molecular weight is 1260 g/mol. The van der Waals surface area contributed by atoms with Crippen LogP contribution in [-0.2, 0) is 64.0 Å². The number of amides is 9. The lowest BCUT2D eigenvalue weighted by Crippen LogP contribution is -2.64. The van der Waals surface area contributed by atoms with Crippen molar-refractivity contribution in [1.29, 1.82) is 0 Å². The molecule has 0 saturated carbocycles. The van der Waals surface area contributed by atoms with Crippen molar-refractivity contribution in [2.45, 2.75) is 93.4 Å². The van der Waals surface area contributed by atoms with Crippen molar-refractivity contribution >= 4 is 108 Å². The second-order valence-electron chi connectivity index (χ2n) is 21.7. The fourth-order valence-corrected chi connectivity index (χ4v) is 12.6. The number of halogens is 1. The Kier molecular flexibility index (Phi) is 24.1. The summed E-state index contributed by atoms with van der Waals surface area (Å²) in [4.78, 5) is 133. The van der Waals surface area contributed by atoms with Gasteiger partial charge in [-0.3, -0.25) is 43.2 Å². The van der Waals surface area contributed by atoms with Gasteiger partial charge in [-0.25, -0.2) is 0 Å². The molecule has 7 aromatic carbocycles. The number of carbonyl (C=O) groups is 9. The third-order valence-corrected chi connectivity index (χ3v) is 17.8. The number of hydrogen-bond acceptors (Lipinski definition) is 13. The zero-order valence-corrected chi connectivity index (χ0v) is 51.3. The van der Waals surface area contributed by atoms with E-state index >= 15 is 9.59 Å². The molecule has 7 aromatic rings. The average Bonchev–Trinajstić information content (AvgIpc) is 3.46. The lowest BCUT2D eigenvalue weighted by molar-refractivity contribution is -0.137. The molecule has 0 spiro atoms. The van der Waals surface area contributed by atoms with Gasteiger partial charge in [0.1, 0.15) is 36.3 Å². The van der Waals surface area contributed by atoms with Crippen LogP contribution in [0, 0.1) is 0 Å². The molecule has 8 atom stereocenters. The van der Waals surface area contributed by atoms with Crippen molar-refractivity contribution in [3.8, 4) is 0 Å². The Morgan fingerprint density at radius 2 is 1.10 bits per heavy atom. The van der Waals surface area contributed by atoms with Crippen molar-refractivity contribution < 1.29 is 43.2 Å². The van der Waals surface area contributed by atoms with Crippen LogP contribution in [0.3, 0.4) is 0 Å². The number of carbonyl (C=O) groups excluding carboxylic acids is 9. The Bertz CT molecular complexity index is 3650. The molecule has 8 rings (SSSR count). The summed E-state index contributed by atoms with van der Waals surface area (Å²) in [7, 11) is 3.39. The minimum absolute atomic E-state index is 0.00734. The topological polar surface area (TPSA) is 319 Å². The number of nitrogens with one attached hydrogen (secondary N) is 7. The zero-order chi connectivity index (χ0) is 63.4. The highest BCUT2D eigenvalue weighted by Crippen LogP contribution is 2.25. The Morgan fingerprint density at radius 1 is 0.573 bits per heavy atom. The van der Waals surface area contributed by atoms with Gasteiger partial charge in [0.25, 0.3) is 11.8 Å². The van der Waals surface area contributed by atoms with Crippen LogP contribution in [-0.4, -0.2) is 132 Å². The molecule has 0 unspecified atom stereocenters. The van der Waals surface area contributed by atoms with E-state index in [4.69, 9.17) is 28.8 Å². The predicted octanol–water partition coefficient (Wildman–Crippen LogP) is 4.38. The lowest BCUT2D eigenvalue weighted by atomic mass is 10.0. The summed E-state index contributed by atoms with van der Waals surface area (Å²) in [5, 5.41) is 23.3. The van der Waals surface area contributed by atoms with Gasteiger partial charge >= 0.3 is 0 Å². The summed E-state index contributed by atoms with van der Waals surface area (Å²) in [6.45, 7) is 0.233. The van der Waals surface area contributed by atoms with Crippen molar-refractivity contribution in [2.24, 2.45) is 17.2 Å². The summed E-state index contributed by atoms with van der Waals surface area (Å²) in [6.07, 6.45) is -1.36. The molecule has 0 aliphatic carbocycles. The van der Waals surface area contributed by atoms with Crippen LogP contribution in [0.2, 0.25) is 5.02 Å². The summed E-state index contributed by atoms with van der Waals surface area (Å²) in [5.41, 5.74) is 21.1.